The lowest BCUT2D eigenvalue weighted by Crippen LogP contribution is -2.52. The number of piperazine rings is 1. The van der Waals surface area contributed by atoms with Crippen LogP contribution < -0.4 is 5.32 Å². The number of nitrogens with zero attached hydrogens (tertiary/aromatic N) is 1. The molecule has 2 aromatic carbocycles. The number of aromatic hydroxyl groups is 1. The second-order valence-electron chi connectivity index (χ2n) is 7.43. The second-order valence-corrected chi connectivity index (χ2v) is 7.43. The van der Waals surface area contributed by atoms with Gasteiger partial charge in [-0.2, -0.15) is 26.3 Å². The molecule has 1 fully saturated rings. The molecule has 3 nitrogen and oxygen atoms in total. The summed E-state index contributed by atoms with van der Waals surface area (Å²) < 4.78 is 78.4. The van der Waals surface area contributed by atoms with Crippen LogP contribution in [0.4, 0.5) is 26.3 Å². The van der Waals surface area contributed by atoms with E-state index in [1.54, 1.807) is 24.3 Å². The third-order valence-electron chi connectivity index (χ3n) is 5.21. The molecule has 30 heavy (non-hydrogen) atoms. The number of rotatable bonds is 5. The molecule has 0 aliphatic carbocycles. The molecule has 1 heterocycles. The first-order chi connectivity index (χ1) is 14.0. The van der Waals surface area contributed by atoms with Crippen LogP contribution >= 0.6 is 0 Å². The largest absolute Gasteiger partial charge is 0.508 e. The number of phenols is 1. The van der Waals surface area contributed by atoms with Gasteiger partial charge in [-0.25, -0.2) is 0 Å². The van der Waals surface area contributed by atoms with E-state index < -0.39 is 23.5 Å². The number of hydrogen-bond acceptors (Lipinski definition) is 3. The van der Waals surface area contributed by atoms with Gasteiger partial charge in [0.25, 0.3) is 0 Å². The van der Waals surface area contributed by atoms with E-state index in [1.165, 1.54) is 0 Å². The molecule has 0 radical (unpaired) electrons. The van der Waals surface area contributed by atoms with Gasteiger partial charge in [0.15, 0.2) is 0 Å². The molecule has 0 saturated carbocycles. The Labute approximate surface area is 170 Å². The Kier molecular flexibility index (Phi) is 6.62. The average molecular weight is 432 g/mol. The molecule has 0 aromatic heterocycles. The first-order valence-electron chi connectivity index (χ1n) is 9.53. The van der Waals surface area contributed by atoms with E-state index >= 15 is 0 Å². The van der Waals surface area contributed by atoms with Crippen LogP contribution in [0.2, 0.25) is 0 Å². The zero-order valence-corrected chi connectivity index (χ0v) is 16.0. The van der Waals surface area contributed by atoms with E-state index in [0.717, 1.165) is 17.7 Å². The van der Waals surface area contributed by atoms with Crippen LogP contribution in [-0.4, -0.2) is 42.2 Å². The summed E-state index contributed by atoms with van der Waals surface area (Å²) in [7, 11) is 0. The van der Waals surface area contributed by atoms with Crippen molar-refractivity contribution in [2.75, 3.05) is 26.2 Å². The van der Waals surface area contributed by atoms with Crippen LogP contribution in [0.3, 0.4) is 0 Å². The molecule has 1 saturated heterocycles. The molecule has 0 spiro atoms. The van der Waals surface area contributed by atoms with Gasteiger partial charge in [0, 0.05) is 32.2 Å². The molecule has 2 N–H and O–H groups in total. The highest BCUT2D eigenvalue weighted by Gasteiger charge is 2.37. The van der Waals surface area contributed by atoms with E-state index in [4.69, 9.17) is 0 Å². The molecule has 0 amide bonds. The zero-order valence-electron chi connectivity index (χ0n) is 16.0. The summed E-state index contributed by atoms with van der Waals surface area (Å²) in [4.78, 5) is 2.08. The maximum Gasteiger partial charge on any atom is 0.416 e. The van der Waals surface area contributed by atoms with Crippen molar-refractivity contribution in [3.05, 3.63) is 64.7 Å². The minimum absolute atomic E-state index is 0.0130. The minimum atomic E-state index is -4.84. The monoisotopic (exact) mass is 432 g/mol. The molecule has 9 heteroatoms. The van der Waals surface area contributed by atoms with Gasteiger partial charge in [-0.1, -0.05) is 12.1 Å². The lowest BCUT2D eigenvalue weighted by Gasteiger charge is -2.36. The molecular weight excluding hydrogens is 410 g/mol. The van der Waals surface area contributed by atoms with Crippen molar-refractivity contribution in [3.8, 4) is 5.75 Å². The molecule has 164 valence electrons. The Hall–Kier alpha value is -2.26. The average Bonchev–Trinajstić information content (AvgIpc) is 2.67. The summed E-state index contributed by atoms with van der Waals surface area (Å²) in [5.74, 6) is 0.155. The van der Waals surface area contributed by atoms with Gasteiger partial charge in [0.1, 0.15) is 5.75 Å². The van der Waals surface area contributed by atoms with Crippen LogP contribution in [0.15, 0.2) is 42.5 Å². The van der Waals surface area contributed by atoms with E-state index in [-0.39, 0.29) is 29.8 Å². The fourth-order valence-electron chi connectivity index (χ4n) is 3.64. The van der Waals surface area contributed by atoms with Gasteiger partial charge in [-0.05, 0) is 54.3 Å². The lowest BCUT2D eigenvalue weighted by molar-refractivity contribution is -0.143. The van der Waals surface area contributed by atoms with Crippen molar-refractivity contribution in [3.63, 3.8) is 0 Å². The lowest BCUT2D eigenvalue weighted by atomic mass is 10.00. The van der Waals surface area contributed by atoms with Crippen LogP contribution in [0, 0.1) is 0 Å². The van der Waals surface area contributed by atoms with Gasteiger partial charge in [0.2, 0.25) is 0 Å². The fraction of sp³-hybridized carbons (Fsp3) is 0.429. The molecule has 0 bridgehead atoms. The van der Waals surface area contributed by atoms with Crippen molar-refractivity contribution in [2.45, 2.75) is 31.2 Å². The fourth-order valence-corrected chi connectivity index (χ4v) is 3.64. The number of halogens is 6. The summed E-state index contributed by atoms with van der Waals surface area (Å²) >= 11 is 0. The predicted molar refractivity (Wildman–Crippen MR) is 100 cm³/mol. The molecule has 1 aliphatic rings. The van der Waals surface area contributed by atoms with E-state index in [0.29, 0.717) is 32.6 Å². The van der Waals surface area contributed by atoms with Gasteiger partial charge in [-0.3, -0.25) is 4.90 Å². The molecule has 1 atom stereocenters. The molecular formula is C21H22F6N2O. The highest BCUT2D eigenvalue weighted by Crippen LogP contribution is 2.36. The first kappa shape index (κ1) is 22.4. The molecule has 3 rings (SSSR count). The molecule has 1 aliphatic heterocycles. The Morgan fingerprint density at radius 3 is 2.07 bits per heavy atom. The summed E-state index contributed by atoms with van der Waals surface area (Å²) in [5, 5.41) is 12.7. The maximum atomic E-state index is 13.1. The SMILES string of the molecule is Oc1ccc(C[C@@H]2CNCCN2CCc2cc(C(F)(F)F)cc(C(F)(F)F)c2)cc1. The standard InChI is InChI=1S/C21H22F6N2O/c22-20(23,24)16-9-15(10-17(12-16)21(25,26)27)5-7-29-8-6-28-13-18(29)11-14-1-3-19(30)4-2-14/h1-4,9-10,12,18,28,30H,5-8,11,13H2/t18-/m1/s1. The topological polar surface area (TPSA) is 35.5 Å². The van der Waals surface area contributed by atoms with Crippen molar-refractivity contribution >= 4 is 0 Å². The quantitative estimate of drug-likeness (QED) is 0.684. The third kappa shape index (κ3) is 5.89. The number of alkyl halides is 6. The Bertz CT molecular complexity index is 816. The third-order valence-corrected chi connectivity index (χ3v) is 5.21. The Morgan fingerprint density at radius 2 is 1.50 bits per heavy atom. The van der Waals surface area contributed by atoms with Gasteiger partial charge < -0.3 is 10.4 Å². The first-order valence-corrected chi connectivity index (χ1v) is 9.53. The number of hydrogen-bond donors (Lipinski definition) is 2. The molecule has 2 aromatic rings. The summed E-state index contributed by atoms with van der Waals surface area (Å²) in [6.45, 7) is 2.36. The van der Waals surface area contributed by atoms with Crippen LogP contribution in [0.1, 0.15) is 22.3 Å². The highest BCUT2D eigenvalue weighted by atomic mass is 19.4. The van der Waals surface area contributed by atoms with Crippen molar-refractivity contribution in [1.29, 1.82) is 0 Å². The number of nitrogens with one attached hydrogen (secondary N) is 1. The smallest absolute Gasteiger partial charge is 0.416 e. The predicted octanol–water partition coefficient (Wildman–Crippen LogP) is 4.49. The van der Waals surface area contributed by atoms with Crippen LogP contribution in [-0.2, 0) is 25.2 Å². The van der Waals surface area contributed by atoms with E-state index in [9.17, 15) is 31.4 Å². The van der Waals surface area contributed by atoms with Gasteiger partial charge in [0.05, 0.1) is 11.1 Å². The van der Waals surface area contributed by atoms with Gasteiger partial charge in [-0.15, -0.1) is 0 Å². The second kappa shape index (κ2) is 8.85. The molecule has 0 unspecified atom stereocenters. The van der Waals surface area contributed by atoms with Crippen molar-refractivity contribution in [2.24, 2.45) is 0 Å². The Morgan fingerprint density at radius 1 is 0.900 bits per heavy atom. The highest BCUT2D eigenvalue weighted by molar-refractivity contribution is 5.34. The number of phenolic OH excluding ortho intramolecular Hbond substituents is 1. The zero-order chi connectivity index (χ0) is 21.9. The maximum absolute atomic E-state index is 13.1. The van der Waals surface area contributed by atoms with Crippen LogP contribution in [0.25, 0.3) is 0 Å². The van der Waals surface area contributed by atoms with E-state index in [2.05, 4.69) is 10.2 Å². The number of benzene rings is 2. The minimum Gasteiger partial charge on any atom is -0.508 e. The van der Waals surface area contributed by atoms with Crippen LogP contribution in [0.5, 0.6) is 5.75 Å². The summed E-state index contributed by atoms with van der Waals surface area (Å²) in [5.41, 5.74) is -1.56. The Balaban J connectivity index is 1.74. The summed E-state index contributed by atoms with van der Waals surface area (Å²) in [6, 6.07) is 8.56. The van der Waals surface area contributed by atoms with Gasteiger partial charge >= 0.3 is 12.4 Å². The van der Waals surface area contributed by atoms with Crippen molar-refractivity contribution < 1.29 is 31.4 Å². The van der Waals surface area contributed by atoms with Crippen molar-refractivity contribution in [1.82, 2.24) is 10.2 Å². The summed E-state index contributed by atoms with van der Waals surface area (Å²) in [6.07, 6.45) is -8.94. The normalized spacial score (nSPS) is 18.5. The van der Waals surface area contributed by atoms with E-state index in [1.807, 2.05) is 0 Å².